The second-order valence-corrected chi connectivity index (χ2v) is 7.46. The number of benzene rings is 1. The van der Waals surface area contributed by atoms with Crippen molar-refractivity contribution in [3.05, 3.63) is 23.8 Å². The maximum Gasteiger partial charge on any atom is 0.307 e. The summed E-state index contributed by atoms with van der Waals surface area (Å²) in [4.78, 5) is 31.3. The normalized spacial score (nSPS) is 15.0. The van der Waals surface area contributed by atoms with Gasteiger partial charge < -0.3 is 25.3 Å². The average molecular weight is 332 g/mol. The van der Waals surface area contributed by atoms with Crippen molar-refractivity contribution in [3.8, 4) is 11.5 Å². The van der Waals surface area contributed by atoms with Crippen molar-refractivity contribution in [3.63, 3.8) is 0 Å². The van der Waals surface area contributed by atoms with E-state index in [4.69, 9.17) is 10.2 Å². The van der Waals surface area contributed by atoms with E-state index >= 15 is 0 Å². The van der Waals surface area contributed by atoms with Crippen LogP contribution < -0.4 is 0 Å². The number of carbonyl (C=O) groups is 2. The van der Waals surface area contributed by atoms with Gasteiger partial charge in [-0.1, -0.05) is 6.07 Å². The van der Waals surface area contributed by atoms with E-state index in [2.05, 4.69) is 0 Å². The summed E-state index contributed by atoms with van der Waals surface area (Å²) in [5.41, 5.74) is 0.376. The van der Waals surface area contributed by atoms with Crippen molar-refractivity contribution in [1.29, 1.82) is 0 Å². The Balaban J connectivity index is 2.81. The van der Waals surface area contributed by atoms with Crippen LogP contribution in [0.25, 0.3) is 0 Å². The number of aromatic hydroxyl groups is 2. The van der Waals surface area contributed by atoms with Crippen molar-refractivity contribution in [1.82, 2.24) is 0 Å². The Morgan fingerprint density at radius 1 is 1.14 bits per heavy atom. The molecule has 22 heavy (non-hydrogen) atoms. The van der Waals surface area contributed by atoms with E-state index in [1.165, 1.54) is 18.2 Å². The second-order valence-electron chi connectivity index (χ2n) is 4.96. The van der Waals surface area contributed by atoms with Gasteiger partial charge in [-0.3, -0.25) is 14.2 Å². The molecule has 0 aliphatic carbocycles. The molecule has 0 aromatic heterocycles. The molecule has 0 fully saturated rings. The lowest BCUT2D eigenvalue weighted by molar-refractivity contribution is -0.141. The molecule has 0 radical (unpaired) electrons. The number of hydrogen-bond donors (Lipinski definition) is 5. The highest BCUT2D eigenvalue weighted by Crippen LogP contribution is 2.43. The number of hydrogen-bond acceptors (Lipinski definition) is 5. The zero-order chi connectivity index (χ0) is 16.9. The van der Waals surface area contributed by atoms with E-state index < -0.39 is 49.7 Å². The predicted octanol–water partition coefficient (Wildman–Crippen LogP) is 1.09. The molecule has 0 spiro atoms. The van der Waals surface area contributed by atoms with E-state index in [9.17, 15) is 29.3 Å². The zero-order valence-corrected chi connectivity index (χ0v) is 12.4. The number of phenols is 2. The van der Waals surface area contributed by atoms with Crippen molar-refractivity contribution >= 4 is 19.3 Å². The summed E-state index contributed by atoms with van der Waals surface area (Å²) in [6, 6.07) is 3.75. The van der Waals surface area contributed by atoms with Gasteiger partial charge in [0.1, 0.15) is 0 Å². The maximum absolute atomic E-state index is 11.9. The molecule has 1 aromatic carbocycles. The Hall–Kier alpha value is -2.05. The summed E-state index contributed by atoms with van der Waals surface area (Å²) in [6.45, 7) is 0. The van der Waals surface area contributed by atoms with E-state index in [1.807, 2.05) is 0 Å². The SMILES string of the molecule is O=C(O)CCP(=O)(O)CC(Cc1ccc(O)c(O)c1)C(=O)O. The van der Waals surface area contributed by atoms with Gasteiger partial charge in [-0.2, -0.15) is 0 Å². The molecule has 2 unspecified atom stereocenters. The van der Waals surface area contributed by atoms with Gasteiger partial charge in [-0.25, -0.2) is 0 Å². The monoisotopic (exact) mass is 332 g/mol. The summed E-state index contributed by atoms with van der Waals surface area (Å²) >= 11 is 0. The quantitative estimate of drug-likeness (QED) is 0.350. The van der Waals surface area contributed by atoms with Gasteiger partial charge in [0.25, 0.3) is 0 Å². The largest absolute Gasteiger partial charge is 0.504 e. The van der Waals surface area contributed by atoms with Crippen molar-refractivity contribution < 1.29 is 39.5 Å². The fourth-order valence-electron chi connectivity index (χ4n) is 1.92. The number of rotatable bonds is 8. The summed E-state index contributed by atoms with van der Waals surface area (Å²) in [6.07, 6.45) is -1.69. The van der Waals surface area contributed by atoms with Gasteiger partial charge in [0.05, 0.1) is 12.3 Å². The Morgan fingerprint density at radius 3 is 2.27 bits per heavy atom. The predicted molar refractivity (Wildman–Crippen MR) is 76.4 cm³/mol. The minimum Gasteiger partial charge on any atom is -0.504 e. The first-order chi connectivity index (χ1) is 10.1. The van der Waals surface area contributed by atoms with E-state index in [0.29, 0.717) is 5.56 Å². The molecule has 5 N–H and O–H groups in total. The molecule has 1 aromatic rings. The van der Waals surface area contributed by atoms with E-state index in [0.717, 1.165) is 0 Å². The topological polar surface area (TPSA) is 152 Å². The van der Waals surface area contributed by atoms with Gasteiger partial charge >= 0.3 is 11.9 Å². The fourth-order valence-corrected chi connectivity index (χ4v) is 3.61. The molecule has 0 amide bonds. The van der Waals surface area contributed by atoms with Crippen LogP contribution in [0.2, 0.25) is 0 Å². The molecular weight excluding hydrogens is 315 g/mol. The zero-order valence-electron chi connectivity index (χ0n) is 11.5. The molecule has 2 atom stereocenters. The first-order valence-electron chi connectivity index (χ1n) is 6.37. The van der Waals surface area contributed by atoms with Crippen LogP contribution >= 0.6 is 7.37 Å². The first kappa shape index (κ1) is 18.0. The number of carboxylic acids is 2. The number of carboxylic acid groups (broad SMARTS) is 2. The maximum atomic E-state index is 11.9. The average Bonchev–Trinajstić information content (AvgIpc) is 2.40. The first-order valence-corrected chi connectivity index (χ1v) is 8.40. The Bertz CT molecular complexity index is 612. The van der Waals surface area contributed by atoms with Crippen LogP contribution in [0.3, 0.4) is 0 Å². The van der Waals surface area contributed by atoms with Crippen LogP contribution in [0, 0.1) is 5.92 Å². The van der Waals surface area contributed by atoms with E-state index in [-0.39, 0.29) is 12.2 Å². The lowest BCUT2D eigenvalue weighted by Gasteiger charge is -2.17. The third-order valence-electron chi connectivity index (χ3n) is 3.05. The van der Waals surface area contributed by atoms with Gasteiger partial charge in [-0.15, -0.1) is 0 Å². The van der Waals surface area contributed by atoms with Gasteiger partial charge in [0.2, 0.25) is 7.37 Å². The molecule has 0 aliphatic heterocycles. The lowest BCUT2D eigenvalue weighted by atomic mass is 10.0. The summed E-state index contributed by atoms with van der Waals surface area (Å²) in [5, 5.41) is 36.2. The standard InChI is InChI=1S/C13H17O8P/c14-10-2-1-8(6-11(10)15)5-9(13(18)19)7-22(20,21)4-3-12(16)17/h1-2,6,9,14-15H,3-5,7H2,(H,16,17)(H,18,19)(H,20,21). The highest BCUT2D eigenvalue weighted by Gasteiger charge is 2.29. The summed E-state index contributed by atoms with van der Waals surface area (Å²) in [7, 11) is -3.89. The van der Waals surface area contributed by atoms with Gasteiger partial charge in [0.15, 0.2) is 11.5 Å². The molecular formula is C13H17O8P. The van der Waals surface area contributed by atoms with Gasteiger partial charge in [-0.05, 0) is 24.1 Å². The van der Waals surface area contributed by atoms with Crippen molar-refractivity contribution in [2.24, 2.45) is 5.92 Å². The van der Waals surface area contributed by atoms with Crippen molar-refractivity contribution in [2.45, 2.75) is 12.8 Å². The van der Waals surface area contributed by atoms with Crippen LogP contribution in [-0.4, -0.2) is 49.6 Å². The smallest absolute Gasteiger partial charge is 0.307 e. The molecule has 9 heteroatoms. The van der Waals surface area contributed by atoms with Crippen molar-refractivity contribution in [2.75, 3.05) is 12.3 Å². The van der Waals surface area contributed by atoms with Crippen LogP contribution in [0.1, 0.15) is 12.0 Å². The number of aliphatic carboxylic acids is 2. The van der Waals surface area contributed by atoms with Crippen LogP contribution in [-0.2, 0) is 20.6 Å². The molecule has 0 saturated heterocycles. The Labute approximate surface area is 126 Å². The Morgan fingerprint density at radius 2 is 1.77 bits per heavy atom. The highest BCUT2D eigenvalue weighted by molar-refractivity contribution is 7.58. The fraction of sp³-hybridized carbons (Fsp3) is 0.385. The van der Waals surface area contributed by atoms with Crippen LogP contribution in [0.15, 0.2) is 18.2 Å². The Kier molecular flexibility index (Phi) is 5.96. The summed E-state index contributed by atoms with van der Waals surface area (Å²) < 4.78 is 11.9. The summed E-state index contributed by atoms with van der Waals surface area (Å²) in [5.74, 6) is -4.50. The lowest BCUT2D eigenvalue weighted by Crippen LogP contribution is -2.21. The third-order valence-corrected chi connectivity index (χ3v) is 4.99. The minimum atomic E-state index is -3.89. The van der Waals surface area contributed by atoms with Crippen LogP contribution in [0.5, 0.6) is 11.5 Å². The molecule has 0 bridgehead atoms. The van der Waals surface area contributed by atoms with Crippen LogP contribution in [0.4, 0.5) is 0 Å². The third kappa shape index (κ3) is 5.75. The van der Waals surface area contributed by atoms with Gasteiger partial charge in [0, 0.05) is 12.3 Å². The molecule has 0 heterocycles. The molecule has 0 aliphatic rings. The molecule has 1 rings (SSSR count). The molecule has 0 saturated carbocycles. The minimum absolute atomic E-state index is 0.124. The highest BCUT2D eigenvalue weighted by atomic mass is 31.2. The molecule has 8 nitrogen and oxygen atoms in total. The second kappa shape index (κ2) is 7.29. The van der Waals surface area contributed by atoms with E-state index in [1.54, 1.807) is 0 Å². The molecule has 122 valence electrons. The number of phenolic OH excluding ortho intramolecular Hbond substituents is 2.